The van der Waals surface area contributed by atoms with E-state index < -0.39 is 102 Å². The summed E-state index contributed by atoms with van der Waals surface area (Å²) in [6, 6.07) is -0.899. The Bertz CT molecular complexity index is 2130. The third-order valence-electron chi connectivity index (χ3n) is 11.7. The number of aliphatic hydroxyl groups excluding tert-OH is 1. The van der Waals surface area contributed by atoms with Crippen LogP contribution in [0.5, 0.6) is 0 Å². The van der Waals surface area contributed by atoms with Crippen molar-refractivity contribution in [1.29, 1.82) is 0 Å². The van der Waals surface area contributed by atoms with Crippen LogP contribution in [0.3, 0.4) is 0 Å². The summed E-state index contributed by atoms with van der Waals surface area (Å²) in [7, 11) is 0. The second-order valence-electron chi connectivity index (χ2n) is 17.7. The van der Waals surface area contributed by atoms with E-state index in [1.807, 2.05) is 0 Å². The van der Waals surface area contributed by atoms with Gasteiger partial charge in [-0.25, -0.2) is 9.78 Å². The number of aliphatic imine (C=N–C) groups is 1. The van der Waals surface area contributed by atoms with E-state index in [0.717, 1.165) is 6.42 Å². The smallest absolute Gasteiger partial charge is 0.326 e. The fourth-order valence-electron chi connectivity index (χ4n) is 7.94. The van der Waals surface area contributed by atoms with E-state index in [-0.39, 0.29) is 75.9 Å². The van der Waals surface area contributed by atoms with Crippen LogP contribution in [0, 0.1) is 5.92 Å². The number of amides is 8. The molecule has 3 heterocycles. The van der Waals surface area contributed by atoms with Crippen molar-refractivity contribution in [2.24, 2.45) is 22.4 Å². The molecule has 2 fully saturated rings. The van der Waals surface area contributed by atoms with Gasteiger partial charge in [0.05, 0.1) is 25.5 Å². The lowest BCUT2D eigenvalue weighted by Gasteiger charge is -2.27. The Labute approximate surface area is 405 Å². The van der Waals surface area contributed by atoms with E-state index in [1.54, 1.807) is 44.2 Å². The molecular weight excluding hydrogens is 913 g/mol. The number of H-pyrrole nitrogens is 1. The van der Waals surface area contributed by atoms with Gasteiger partial charge in [0, 0.05) is 37.8 Å². The molecule has 0 spiro atoms. The molecular formula is C45H68N14O11. The molecule has 4 rings (SSSR count). The Morgan fingerprint density at radius 1 is 0.786 bits per heavy atom. The highest BCUT2D eigenvalue weighted by molar-refractivity contribution is 5.98. The molecule has 2 aliphatic rings. The fourth-order valence-corrected chi connectivity index (χ4v) is 7.94. The molecule has 1 aromatic carbocycles. The maximum Gasteiger partial charge on any atom is 0.326 e. The number of aromatic nitrogens is 2. The minimum atomic E-state index is -1.58. The van der Waals surface area contributed by atoms with Gasteiger partial charge >= 0.3 is 5.97 Å². The van der Waals surface area contributed by atoms with E-state index in [2.05, 4.69) is 57.5 Å². The van der Waals surface area contributed by atoms with Gasteiger partial charge in [-0.2, -0.15) is 0 Å². The number of rotatable bonds is 27. The third kappa shape index (κ3) is 17.7. The number of imidazole rings is 1. The Morgan fingerprint density at radius 3 is 2.04 bits per heavy atom. The summed E-state index contributed by atoms with van der Waals surface area (Å²) in [5, 5.41) is 41.0. The van der Waals surface area contributed by atoms with Gasteiger partial charge in [0.25, 0.3) is 0 Å². The summed E-state index contributed by atoms with van der Waals surface area (Å²) in [6.07, 6.45) is 4.98. The molecule has 15 N–H and O–H groups in total. The molecule has 8 amide bonds. The highest BCUT2D eigenvalue weighted by Gasteiger charge is 2.37. The zero-order chi connectivity index (χ0) is 51.3. The van der Waals surface area contributed by atoms with Gasteiger partial charge in [-0.3, -0.25) is 43.3 Å². The lowest BCUT2D eigenvalue weighted by molar-refractivity contribution is -0.142. The van der Waals surface area contributed by atoms with Crippen LogP contribution in [0.15, 0.2) is 47.8 Å². The first kappa shape index (κ1) is 55.4. The molecule has 0 unspecified atom stereocenters. The summed E-state index contributed by atoms with van der Waals surface area (Å²) >= 11 is 0. The Morgan fingerprint density at radius 2 is 1.43 bits per heavy atom. The van der Waals surface area contributed by atoms with Crippen molar-refractivity contribution in [1.82, 2.24) is 57.4 Å². The van der Waals surface area contributed by atoms with Crippen LogP contribution < -0.4 is 54.0 Å². The molecule has 70 heavy (non-hydrogen) atoms. The van der Waals surface area contributed by atoms with Gasteiger partial charge in [-0.15, -0.1) is 0 Å². The van der Waals surface area contributed by atoms with Crippen molar-refractivity contribution in [2.75, 3.05) is 32.8 Å². The van der Waals surface area contributed by atoms with Crippen LogP contribution in [0.25, 0.3) is 0 Å². The van der Waals surface area contributed by atoms with Gasteiger partial charge in [0.15, 0.2) is 5.96 Å². The molecule has 384 valence electrons. The fraction of sp³-hybridized carbons (Fsp3) is 0.578. The highest BCUT2D eigenvalue weighted by atomic mass is 16.4. The van der Waals surface area contributed by atoms with Crippen molar-refractivity contribution >= 4 is 59.2 Å². The second-order valence-corrected chi connectivity index (χ2v) is 17.7. The van der Waals surface area contributed by atoms with E-state index in [0.29, 0.717) is 30.6 Å². The SMILES string of the molecule is CC(C)C[C@H](NC(=O)[C@H](Cc1ccccc1)NC(=O)[C@H](Cc1cnc[nH]1)NC(=O)[C@H](C)NC(=O)[C@H](CCCN=C(N)N)NC(=O)[C@H](CO)NC(=O)[C@@H]1CCCN1C(=O)CNC(=O)[C@@H]1CCCN1)C(=O)O. The lowest BCUT2D eigenvalue weighted by atomic mass is 10.0. The molecule has 0 aliphatic carbocycles. The van der Waals surface area contributed by atoms with Gasteiger partial charge in [0.2, 0.25) is 47.3 Å². The number of carboxylic acid groups (broad SMARTS) is 1. The number of carbonyl (C=O) groups excluding carboxylic acids is 8. The zero-order valence-corrected chi connectivity index (χ0v) is 39.7. The number of nitrogens with zero attached hydrogens (tertiary/aromatic N) is 3. The average molecular weight is 981 g/mol. The van der Waals surface area contributed by atoms with Crippen LogP contribution in [-0.2, 0) is 56.0 Å². The van der Waals surface area contributed by atoms with Crippen molar-refractivity contribution in [3.8, 4) is 0 Å². The number of hydrogen-bond donors (Lipinski definition) is 13. The quantitative estimate of drug-likeness (QED) is 0.0232. The third-order valence-corrected chi connectivity index (χ3v) is 11.7. The van der Waals surface area contributed by atoms with E-state index in [1.165, 1.54) is 24.3 Å². The number of benzene rings is 1. The molecule has 2 saturated heterocycles. The number of aliphatic hydroxyl groups is 1. The van der Waals surface area contributed by atoms with Crippen molar-refractivity contribution in [3.63, 3.8) is 0 Å². The maximum absolute atomic E-state index is 14.1. The Hall–Kier alpha value is -7.15. The molecule has 25 nitrogen and oxygen atoms in total. The first-order valence-electron chi connectivity index (χ1n) is 23.4. The number of aromatic amines is 1. The molecule has 8 atom stereocenters. The summed E-state index contributed by atoms with van der Waals surface area (Å²) in [6.45, 7) is 4.66. The predicted octanol–water partition coefficient (Wildman–Crippen LogP) is -3.84. The van der Waals surface area contributed by atoms with Crippen LogP contribution in [0.4, 0.5) is 0 Å². The van der Waals surface area contributed by atoms with E-state index in [4.69, 9.17) is 11.5 Å². The summed E-state index contributed by atoms with van der Waals surface area (Å²) < 4.78 is 0. The number of hydrogen-bond acceptors (Lipinski definition) is 13. The van der Waals surface area contributed by atoms with Crippen LogP contribution in [-0.4, -0.2) is 165 Å². The Kier molecular flexibility index (Phi) is 22.0. The minimum Gasteiger partial charge on any atom is -0.480 e. The molecule has 0 radical (unpaired) electrons. The monoisotopic (exact) mass is 981 g/mol. The standard InChI is InChI=1S/C45H68N14O11/c1-25(2)18-33(44(69)70)57-40(65)31(19-27-10-5-4-6-11-27)56-41(66)32(20-28-21-48-24-52-28)55-37(62)26(3)53-39(64)30(13-8-16-50-45(46)47)54-42(67)34(23-60)58-43(68)35-14-9-17-59(35)36(61)22-51-38(63)29-12-7-15-49-29/h4-6,10-11,21,24-26,29-35,49,60H,7-9,12-20,22-23H2,1-3H3,(H,48,52)(H,51,63)(H,53,64)(H,54,67)(H,55,62)(H,56,66)(H,57,65)(H,58,68)(H,69,70)(H4,46,47,50)/t26-,29-,30-,31-,32-,33-,34-,35-/m0/s1. The molecule has 0 saturated carbocycles. The lowest BCUT2D eigenvalue weighted by Crippen LogP contribution is -2.60. The van der Waals surface area contributed by atoms with Gasteiger partial charge in [-0.05, 0) is 69.9 Å². The van der Waals surface area contributed by atoms with Crippen LogP contribution in [0.2, 0.25) is 0 Å². The first-order valence-corrected chi connectivity index (χ1v) is 23.4. The molecule has 25 heteroatoms. The Balaban J connectivity index is 1.45. The van der Waals surface area contributed by atoms with Gasteiger partial charge in [-0.1, -0.05) is 44.2 Å². The molecule has 2 aliphatic heterocycles. The predicted molar refractivity (Wildman–Crippen MR) is 253 cm³/mol. The average Bonchev–Trinajstić information content (AvgIpc) is 4.15. The summed E-state index contributed by atoms with van der Waals surface area (Å²) in [5.41, 5.74) is 12.0. The van der Waals surface area contributed by atoms with Gasteiger partial charge < -0.3 is 74.1 Å². The number of nitrogens with two attached hydrogens (primary N) is 2. The molecule has 0 bridgehead atoms. The molecule has 1 aromatic heterocycles. The topological polar surface area (TPSA) is 387 Å². The number of likely N-dealkylation sites (tertiary alicyclic amines) is 1. The van der Waals surface area contributed by atoms with Crippen molar-refractivity contribution in [3.05, 3.63) is 54.1 Å². The number of carbonyl (C=O) groups is 9. The number of nitrogens with one attached hydrogen (secondary N) is 9. The summed E-state index contributed by atoms with van der Waals surface area (Å²) in [5.74, 6) is -7.38. The van der Waals surface area contributed by atoms with Crippen molar-refractivity contribution < 1.29 is 53.4 Å². The van der Waals surface area contributed by atoms with Gasteiger partial charge in [0.1, 0.15) is 42.3 Å². The van der Waals surface area contributed by atoms with Crippen LogP contribution >= 0.6 is 0 Å². The highest BCUT2D eigenvalue weighted by Crippen LogP contribution is 2.18. The number of carboxylic acids is 1. The number of guanidine groups is 1. The maximum atomic E-state index is 14.1. The minimum absolute atomic E-state index is 0.0289. The van der Waals surface area contributed by atoms with Crippen molar-refractivity contribution in [2.45, 2.75) is 127 Å². The second kappa shape index (κ2) is 27.7. The van der Waals surface area contributed by atoms with E-state index >= 15 is 0 Å². The normalized spacial score (nSPS) is 17.9. The largest absolute Gasteiger partial charge is 0.480 e. The zero-order valence-electron chi connectivity index (χ0n) is 39.7. The number of aliphatic carboxylic acids is 1. The molecule has 2 aromatic rings. The van der Waals surface area contributed by atoms with E-state index in [9.17, 15) is 53.4 Å². The van der Waals surface area contributed by atoms with Crippen LogP contribution in [0.1, 0.15) is 77.0 Å². The first-order chi connectivity index (χ1) is 33.4. The summed E-state index contributed by atoms with van der Waals surface area (Å²) in [4.78, 5) is 132.